The molecule has 0 aliphatic carbocycles. The number of carboxylic acids is 1. The van der Waals surface area contributed by atoms with Crippen LogP contribution in [0.4, 0.5) is 8.78 Å². The molecule has 0 aromatic heterocycles. The molecule has 0 bridgehead atoms. The van der Waals surface area contributed by atoms with Gasteiger partial charge in [0.15, 0.2) is 0 Å². The zero-order valence-electron chi connectivity index (χ0n) is 6.91. The third-order valence-corrected chi connectivity index (χ3v) is 1.56. The molecule has 0 saturated heterocycles. The Hall–Kier alpha value is -1.20. The summed E-state index contributed by atoms with van der Waals surface area (Å²) in [5, 5.41) is 8.44. The van der Waals surface area contributed by atoms with E-state index in [1.54, 1.807) is 0 Å². The summed E-state index contributed by atoms with van der Waals surface area (Å²) in [4.78, 5) is 10.3. The van der Waals surface area contributed by atoms with Crippen LogP contribution in [0.3, 0.4) is 0 Å². The van der Waals surface area contributed by atoms with Gasteiger partial charge in [-0.2, -0.15) is 0 Å². The molecule has 0 spiro atoms. The number of carbonyl (C=O) groups is 1. The lowest BCUT2D eigenvalue weighted by atomic mass is 10.1. The monoisotopic (exact) mass is 223 g/mol. The van der Waals surface area contributed by atoms with Crippen LogP contribution in [-0.4, -0.2) is 11.1 Å². The van der Waals surface area contributed by atoms with Gasteiger partial charge >= 0.3 is 5.97 Å². The first-order chi connectivity index (χ1) is 6.02. The van der Waals surface area contributed by atoms with Gasteiger partial charge in [-0.15, -0.1) is 12.4 Å². The first-order valence-corrected chi connectivity index (χ1v) is 3.45. The molecule has 0 radical (unpaired) electrons. The predicted octanol–water partition coefficient (Wildman–Crippen LogP) is 1.47. The molecule has 78 valence electrons. The minimum atomic E-state index is -1.53. The number of hydrogen-bond donors (Lipinski definition) is 2. The minimum absolute atomic E-state index is 0. The number of nitrogens with two attached hydrogens (primary N) is 1. The van der Waals surface area contributed by atoms with Crippen LogP contribution >= 0.6 is 12.4 Å². The van der Waals surface area contributed by atoms with Gasteiger partial charge in [-0.05, 0) is 18.2 Å². The van der Waals surface area contributed by atoms with Gasteiger partial charge in [0.1, 0.15) is 17.7 Å². The maximum atomic E-state index is 12.9. The lowest BCUT2D eigenvalue weighted by molar-refractivity contribution is -0.138. The molecule has 0 heterocycles. The highest BCUT2D eigenvalue weighted by Crippen LogP contribution is 2.16. The van der Waals surface area contributed by atoms with Gasteiger partial charge < -0.3 is 10.8 Å². The molecule has 1 rings (SSSR count). The van der Waals surface area contributed by atoms with Crippen LogP contribution in [0.25, 0.3) is 0 Å². The van der Waals surface area contributed by atoms with Crippen molar-refractivity contribution < 1.29 is 18.7 Å². The Bertz CT molecular complexity index is 346. The van der Waals surface area contributed by atoms with Gasteiger partial charge in [-0.1, -0.05) is 0 Å². The maximum Gasteiger partial charge on any atom is 0.325 e. The summed E-state index contributed by atoms with van der Waals surface area (Å²) < 4.78 is 25.4. The molecule has 14 heavy (non-hydrogen) atoms. The largest absolute Gasteiger partial charge is 0.480 e. The van der Waals surface area contributed by atoms with E-state index in [4.69, 9.17) is 10.8 Å². The highest BCUT2D eigenvalue weighted by molar-refractivity contribution is 5.85. The number of carboxylic acid groups (broad SMARTS) is 1. The molecule has 0 amide bonds. The Morgan fingerprint density at radius 2 is 2.00 bits per heavy atom. The Balaban J connectivity index is 0.00000169. The Labute approximate surface area is 84.9 Å². The summed E-state index contributed by atoms with van der Waals surface area (Å²) in [5.74, 6) is -2.94. The van der Waals surface area contributed by atoms with Gasteiger partial charge in [0.2, 0.25) is 0 Å². The van der Waals surface area contributed by atoms with Crippen LogP contribution in [0.15, 0.2) is 18.2 Å². The molecular formula is C8H8ClF2NO2. The van der Waals surface area contributed by atoms with Crippen LogP contribution in [0, 0.1) is 11.6 Å². The average molecular weight is 224 g/mol. The van der Waals surface area contributed by atoms with E-state index in [9.17, 15) is 13.6 Å². The van der Waals surface area contributed by atoms with Crippen LogP contribution in [-0.2, 0) is 4.79 Å². The smallest absolute Gasteiger partial charge is 0.325 e. The number of benzene rings is 1. The van der Waals surface area contributed by atoms with E-state index in [1.165, 1.54) is 0 Å². The van der Waals surface area contributed by atoms with Crippen LogP contribution in [0.1, 0.15) is 11.6 Å². The van der Waals surface area contributed by atoms with Gasteiger partial charge in [0.05, 0.1) is 0 Å². The number of halogens is 3. The molecule has 0 saturated carbocycles. The van der Waals surface area contributed by atoms with Crippen molar-refractivity contribution in [2.75, 3.05) is 0 Å². The summed E-state index contributed by atoms with van der Waals surface area (Å²) >= 11 is 0. The van der Waals surface area contributed by atoms with Gasteiger partial charge in [-0.25, -0.2) is 8.78 Å². The van der Waals surface area contributed by atoms with E-state index in [0.717, 1.165) is 18.2 Å². The summed E-state index contributed by atoms with van der Waals surface area (Å²) in [5.41, 5.74) is 4.75. The van der Waals surface area contributed by atoms with Crippen molar-refractivity contribution in [2.24, 2.45) is 5.73 Å². The van der Waals surface area contributed by atoms with Crippen molar-refractivity contribution in [1.82, 2.24) is 0 Å². The number of rotatable bonds is 2. The molecule has 3 nitrogen and oxygen atoms in total. The second kappa shape index (κ2) is 4.88. The van der Waals surface area contributed by atoms with Gasteiger partial charge in [0, 0.05) is 5.56 Å². The van der Waals surface area contributed by atoms with E-state index >= 15 is 0 Å². The van der Waals surface area contributed by atoms with Crippen molar-refractivity contribution in [3.63, 3.8) is 0 Å². The van der Waals surface area contributed by atoms with Gasteiger partial charge in [-0.3, -0.25) is 4.79 Å². The Morgan fingerprint density at radius 1 is 1.43 bits per heavy atom. The minimum Gasteiger partial charge on any atom is -0.480 e. The molecule has 1 aromatic rings. The summed E-state index contributed by atoms with van der Waals surface area (Å²) in [7, 11) is 0. The molecular weight excluding hydrogens is 216 g/mol. The standard InChI is InChI=1S/C8H7F2NO2.ClH/c9-4-1-2-6(10)5(3-4)7(11)8(12)13;/h1-3,7H,11H2,(H,12,13);1H. The normalized spacial score (nSPS) is 11.6. The summed E-state index contributed by atoms with van der Waals surface area (Å²) in [6.45, 7) is 0. The van der Waals surface area contributed by atoms with E-state index < -0.39 is 23.6 Å². The quantitative estimate of drug-likeness (QED) is 0.798. The first-order valence-electron chi connectivity index (χ1n) is 3.45. The average Bonchev–Trinajstić information content (AvgIpc) is 2.08. The molecule has 1 aromatic carbocycles. The van der Waals surface area contributed by atoms with Crippen molar-refractivity contribution in [2.45, 2.75) is 6.04 Å². The molecule has 0 aliphatic heterocycles. The van der Waals surface area contributed by atoms with Gasteiger partial charge in [0.25, 0.3) is 0 Å². The van der Waals surface area contributed by atoms with E-state index in [2.05, 4.69) is 0 Å². The third kappa shape index (κ3) is 2.65. The Morgan fingerprint density at radius 3 is 2.50 bits per heavy atom. The second-order valence-electron chi connectivity index (χ2n) is 2.48. The number of aliphatic carboxylic acids is 1. The van der Waals surface area contributed by atoms with Crippen molar-refractivity contribution >= 4 is 18.4 Å². The molecule has 0 fully saturated rings. The van der Waals surface area contributed by atoms with E-state index in [1.807, 2.05) is 0 Å². The zero-order chi connectivity index (χ0) is 10.0. The van der Waals surface area contributed by atoms with Crippen LogP contribution in [0.5, 0.6) is 0 Å². The lowest BCUT2D eigenvalue weighted by Crippen LogP contribution is -2.21. The van der Waals surface area contributed by atoms with E-state index in [0.29, 0.717) is 0 Å². The van der Waals surface area contributed by atoms with Crippen LogP contribution < -0.4 is 5.73 Å². The van der Waals surface area contributed by atoms with Crippen molar-refractivity contribution in [3.8, 4) is 0 Å². The fraction of sp³-hybridized carbons (Fsp3) is 0.125. The SMILES string of the molecule is Cl.NC(C(=O)O)c1cc(F)ccc1F. The fourth-order valence-electron chi connectivity index (χ4n) is 0.886. The molecule has 1 unspecified atom stereocenters. The zero-order valence-corrected chi connectivity index (χ0v) is 7.72. The summed E-state index contributed by atoms with van der Waals surface area (Å²) in [6, 6.07) is 0.977. The second-order valence-corrected chi connectivity index (χ2v) is 2.48. The van der Waals surface area contributed by atoms with Crippen molar-refractivity contribution in [3.05, 3.63) is 35.4 Å². The molecule has 6 heteroatoms. The summed E-state index contributed by atoms with van der Waals surface area (Å²) in [6.07, 6.45) is 0. The maximum absolute atomic E-state index is 12.9. The molecule has 1 atom stereocenters. The topological polar surface area (TPSA) is 63.3 Å². The highest BCUT2D eigenvalue weighted by Gasteiger charge is 2.18. The third-order valence-electron chi connectivity index (χ3n) is 1.56. The fourth-order valence-corrected chi connectivity index (χ4v) is 0.886. The van der Waals surface area contributed by atoms with E-state index in [-0.39, 0.29) is 18.0 Å². The molecule has 0 aliphatic rings. The lowest BCUT2D eigenvalue weighted by Gasteiger charge is -2.07. The predicted molar refractivity (Wildman–Crippen MR) is 48.2 cm³/mol. The number of hydrogen-bond acceptors (Lipinski definition) is 2. The molecule has 3 N–H and O–H groups in total. The Kier molecular flexibility index (Phi) is 4.46. The highest BCUT2D eigenvalue weighted by atomic mass is 35.5. The van der Waals surface area contributed by atoms with Crippen LogP contribution in [0.2, 0.25) is 0 Å². The van der Waals surface area contributed by atoms with Crippen molar-refractivity contribution in [1.29, 1.82) is 0 Å². The first kappa shape index (κ1) is 12.8.